The van der Waals surface area contributed by atoms with Gasteiger partial charge in [0.2, 0.25) is 0 Å². The van der Waals surface area contributed by atoms with Crippen LogP contribution >= 0.6 is 24.0 Å². The van der Waals surface area contributed by atoms with Gasteiger partial charge in [0.1, 0.15) is 0 Å². The molecule has 0 spiro atoms. The maximum Gasteiger partial charge on any atom is 0.191 e. The van der Waals surface area contributed by atoms with E-state index in [1.165, 1.54) is 32.4 Å². The third-order valence-electron chi connectivity index (χ3n) is 4.54. The summed E-state index contributed by atoms with van der Waals surface area (Å²) in [6.07, 6.45) is 5.24. The van der Waals surface area contributed by atoms with Gasteiger partial charge in [-0.25, -0.2) is 4.99 Å². The number of aryl methyl sites for hydroxylation is 1. The molecule has 1 aromatic rings. The van der Waals surface area contributed by atoms with Gasteiger partial charge >= 0.3 is 0 Å². The fourth-order valence-corrected chi connectivity index (χ4v) is 3.17. The number of nitrogens with zero attached hydrogens (tertiary/aromatic N) is 3. The molecule has 0 radical (unpaired) electrons. The Bertz CT molecular complexity index is 520. The van der Waals surface area contributed by atoms with Crippen molar-refractivity contribution in [2.75, 3.05) is 26.2 Å². The van der Waals surface area contributed by atoms with Crippen LogP contribution in [-0.2, 0) is 6.54 Å². The molecule has 0 amide bonds. The van der Waals surface area contributed by atoms with Crippen molar-refractivity contribution in [3.63, 3.8) is 0 Å². The molecule has 25 heavy (non-hydrogen) atoms. The highest BCUT2D eigenvalue weighted by atomic mass is 127. The first-order valence-electron chi connectivity index (χ1n) is 9.38. The summed E-state index contributed by atoms with van der Waals surface area (Å²) < 4.78 is 0. The Kier molecular flexibility index (Phi) is 11.0. The van der Waals surface area contributed by atoms with Crippen LogP contribution in [0.25, 0.3) is 0 Å². The Morgan fingerprint density at radius 2 is 2.16 bits per heavy atom. The molecule has 0 aromatic carbocycles. The maximum atomic E-state index is 4.64. The quantitative estimate of drug-likeness (QED) is 0.284. The summed E-state index contributed by atoms with van der Waals surface area (Å²) in [6, 6.07) is 6.82. The average molecular weight is 459 g/mol. The summed E-state index contributed by atoms with van der Waals surface area (Å²) in [5.41, 5.74) is 2.05. The molecule has 1 aromatic heterocycles. The molecule has 0 bridgehead atoms. The second-order valence-corrected chi connectivity index (χ2v) is 6.63. The van der Waals surface area contributed by atoms with E-state index in [9.17, 15) is 0 Å². The third kappa shape index (κ3) is 8.35. The zero-order valence-corrected chi connectivity index (χ0v) is 18.3. The van der Waals surface area contributed by atoms with Crippen molar-refractivity contribution < 1.29 is 0 Å². The van der Waals surface area contributed by atoms with Gasteiger partial charge in [0, 0.05) is 31.4 Å². The first-order chi connectivity index (χ1) is 11.7. The van der Waals surface area contributed by atoms with E-state index >= 15 is 0 Å². The smallest absolute Gasteiger partial charge is 0.191 e. The van der Waals surface area contributed by atoms with Crippen LogP contribution in [0.3, 0.4) is 0 Å². The highest BCUT2D eigenvalue weighted by molar-refractivity contribution is 14.0. The monoisotopic (exact) mass is 459 g/mol. The predicted octanol–water partition coefficient (Wildman–Crippen LogP) is 3.33. The summed E-state index contributed by atoms with van der Waals surface area (Å²) in [6.45, 7) is 11.3. The Balaban J connectivity index is 0.00000312. The second kappa shape index (κ2) is 12.5. The minimum Gasteiger partial charge on any atom is -0.357 e. The Labute approximate surface area is 170 Å². The molecule has 1 atom stereocenters. The topological polar surface area (TPSA) is 52.6 Å². The number of piperidine rings is 1. The van der Waals surface area contributed by atoms with Crippen molar-refractivity contribution in [2.24, 2.45) is 4.99 Å². The lowest BCUT2D eigenvalue weighted by molar-refractivity contribution is 0.159. The van der Waals surface area contributed by atoms with Gasteiger partial charge in [-0.05, 0) is 58.7 Å². The number of hydrogen-bond acceptors (Lipinski definition) is 3. The van der Waals surface area contributed by atoms with Crippen LogP contribution in [0.15, 0.2) is 23.2 Å². The predicted molar refractivity (Wildman–Crippen MR) is 117 cm³/mol. The molecule has 2 heterocycles. The first kappa shape index (κ1) is 22.2. The van der Waals surface area contributed by atoms with Crippen molar-refractivity contribution in [3.8, 4) is 0 Å². The number of aromatic nitrogens is 1. The van der Waals surface area contributed by atoms with Crippen molar-refractivity contribution in [1.82, 2.24) is 20.5 Å². The van der Waals surface area contributed by atoms with Gasteiger partial charge in [-0.3, -0.25) is 4.98 Å². The Morgan fingerprint density at radius 1 is 1.32 bits per heavy atom. The number of pyridine rings is 1. The molecule has 1 unspecified atom stereocenters. The van der Waals surface area contributed by atoms with Gasteiger partial charge in [-0.2, -0.15) is 0 Å². The van der Waals surface area contributed by atoms with E-state index in [0.29, 0.717) is 6.54 Å². The number of halogens is 1. The normalized spacial score (nSPS) is 18.5. The fraction of sp³-hybridized carbons (Fsp3) is 0.684. The number of nitrogens with one attached hydrogen (secondary N) is 2. The summed E-state index contributed by atoms with van der Waals surface area (Å²) in [5, 5.41) is 6.76. The Morgan fingerprint density at radius 3 is 2.88 bits per heavy atom. The zero-order valence-electron chi connectivity index (χ0n) is 15.9. The van der Waals surface area contributed by atoms with Crippen LogP contribution in [0.1, 0.15) is 50.9 Å². The highest BCUT2D eigenvalue weighted by Gasteiger charge is 2.17. The van der Waals surface area contributed by atoms with E-state index in [1.807, 2.05) is 25.1 Å². The van der Waals surface area contributed by atoms with E-state index < -0.39 is 0 Å². The van der Waals surface area contributed by atoms with Gasteiger partial charge in [0.05, 0.1) is 12.2 Å². The van der Waals surface area contributed by atoms with Gasteiger partial charge in [0.15, 0.2) is 5.96 Å². The molecule has 6 heteroatoms. The molecule has 1 aliphatic heterocycles. The third-order valence-corrected chi connectivity index (χ3v) is 4.54. The number of aliphatic imine (C=N–C) groups is 1. The lowest BCUT2D eigenvalue weighted by Crippen LogP contribution is -2.41. The molecule has 142 valence electrons. The first-order valence-corrected chi connectivity index (χ1v) is 9.38. The van der Waals surface area contributed by atoms with Gasteiger partial charge < -0.3 is 15.5 Å². The average Bonchev–Trinajstić information content (AvgIpc) is 2.58. The van der Waals surface area contributed by atoms with E-state index in [0.717, 1.165) is 42.9 Å². The standard InChI is InChI=1S/C19H33N5.HI/c1-4-20-19(22-15-18-11-7-9-16(2)23-18)21-12-8-14-24-13-6-5-10-17(24)3;/h7,9,11,17H,4-6,8,10,12-15H2,1-3H3,(H2,20,21,22);1H. The maximum absolute atomic E-state index is 4.64. The lowest BCUT2D eigenvalue weighted by atomic mass is 10.0. The largest absolute Gasteiger partial charge is 0.357 e. The van der Waals surface area contributed by atoms with E-state index in [2.05, 4.69) is 39.4 Å². The van der Waals surface area contributed by atoms with Crippen molar-refractivity contribution in [1.29, 1.82) is 0 Å². The molecule has 1 aliphatic rings. The summed E-state index contributed by atoms with van der Waals surface area (Å²) in [7, 11) is 0. The summed E-state index contributed by atoms with van der Waals surface area (Å²) >= 11 is 0. The number of guanidine groups is 1. The molecular weight excluding hydrogens is 425 g/mol. The van der Waals surface area contributed by atoms with E-state index in [4.69, 9.17) is 0 Å². The fourth-order valence-electron chi connectivity index (χ4n) is 3.17. The highest BCUT2D eigenvalue weighted by Crippen LogP contribution is 2.15. The second-order valence-electron chi connectivity index (χ2n) is 6.63. The molecule has 2 rings (SSSR count). The molecule has 5 nitrogen and oxygen atoms in total. The number of rotatable bonds is 7. The minimum absolute atomic E-state index is 0. The van der Waals surface area contributed by atoms with Crippen LogP contribution < -0.4 is 10.6 Å². The number of likely N-dealkylation sites (tertiary alicyclic amines) is 1. The van der Waals surface area contributed by atoms with Gasteiger partial charge in [-0.15, -0.1) is 24.0 Å². The van der Waals surface area contributed by atoms with Crippen LogP contribution in [0.2, 0.25) is 0 Å². The summed E-state index contributed by atoms with van der Waals surface area (Å²) in [4.78, 5) is 11.8. The Hall–Kier alpha value is -0.890. The minimum atomic E-state index is 0. The number of hydrogen-bond donors (Lipinski definition) is 2. The summed E-state index contributed by atoms with van der Waals surface area (Å²) in [5.74, 6) is 0.882. The van der Waals surface area contributed by atoms with Gasteiger partial charge in [-0.1, -0.05) is 12.5 Å². The molecular formula is C19H34IN5. The van der Waals surface area contributed by atoms with E-state index in [1.54, 1.807) is 0 Å². The molecule has 2 N–H and O–H groups in total. The molecule has 1 saturated heterocycles. The van der Waals surface area contributed by atoms with Crippen LogP contribution in [0.5, 0.6) is 0 Å². The molecule has 0 saturated carbocycles. The SMILES string of the molecule is CCNC(=NCc1cccc(C)n1)NCCCN1CCCCC1C.I. The van der Waals surface area contributed by atoms with Crippen LogP contribution in [-0.4, -0.2) is 48.1 Å². The zero-order chi connectivity index (χ0) is 17.2. The van der Waals surface area contributed by atoms with Crippen LogP contribution in [0.4, 0.5) is 0 Å². The van der Waals surface area contributed by atoms with Crippen molar-refractivity contribution in [3.05, 3.63) is 29.6 Å². The van der Waals surface area contributed by atoms with Crippen molar-refractivity contribution >= 4 is 29.9 Å². The van der Waals surface area contributed by atoms with Gasteiger partial charge in [0.25, 0.3) is 0 Å². The lowest BCUT2D eigenvalue weighted by Gasteiger charge is -2.33. The van der Waals surface area contributed by atoms with E-state index in [-0.39, 0.29) is 24.0 Å². The molecule has 1 fully saturated rings. The molecule has 0 aliphatic carbocycles. The van der Waals surface area contributed by atoms with Crippen LogP contribution in [0, 0.1) is 6.92 Å². The van der Waals surface area contributed by atoms with Crippen molar-refractivity contribution in [2.45, 2.75) is 59.0 Å².